The number of rotatable bonds is 5. The number of phenols is 1. The van der Waals surface area contributed by atoms with E-state index in [0.717, 1.165) is 12.1 Å². The van der Waals surface area contributed by atoms with E-state index in [-0.39, 0.29) is 65.5 Å². The van der Waals surface area contributed by atoms with Crippen molar-refractivity contribution >= 4 is 27.5 Å². The summed E-state index contributed by atoms with van der Waals surface area (Å²) in [6.07, 6.45) is 0. The van der Waals surface area contributed by atoms with Crippen molar-refractivity contribution in [3.8, 4) is 5.75 Å². The number of halogens is 1. The molecule has 0 spiro atoms. The number of carbonyl (C=O) groups excluding carboxylic acids is 2. The standard InChI is InChI=1S/C24H22FN3O5S/c25-18-8-10-19(11-9-18)26-34(32,33)20-5-3-4-17(16-20)23(30)27-12-14-28(15-13-27)24(31)21-6-1-2-7-22(21)29/h1-11,16,26,29H,12-15H2. The quantitative estimate of drug-likeness (QED) is 0.580. The first-order chi connectivity index (χ1) is 16.2. The van der Waals surface area contributed by atoms with Crippen molar-refractivity contribution in [1.82, 2.24) is 9.80 Å². The minimum Gasteiger partial charge on any atom is -0.507 e. The number of aromatic hydroxyl groups is 1. The molecule has 0 unspecified atom stereocenters. The minimum absolute atomic E-state index is 0.0988. The lowest BCUT2D eigenvalue weighted by atomic mass is 10.1. The van der Waals surface area contributed by atoms with Gasteiger partial charge in [-0.2, -0.15) is 0 Å². The Kier molecular flexibility index (Phi) is 6.51. The van der Waals surface area contributed by atoms with Crippen LogP contribution in [0.4, 0.5) is 10.1 Å². The molecule has 1 saturated heterocycles. The molecule has 1 aliphatic heterocycles. The van der Waals surface area contributed by atoms with Crippen LogP contribution in [0.15, 0.2) is 77.7 Å². The van der Waals surface area contributed by atoms with Crippen molar-refractivity contribution in [2.24, 2.45) is 0 Å². The Morgan fingerprint density at radius 1 is 0.824 bits per heavy atom. The summed E-state index contributed by atoms with van der Waals surface area (Å²) in [5.41, 5.74) is 0.597. The van der Waals surface area contributed by atoms with Crippen LogP contribution in [0.3, 0.4) is 0 Å². The van der Waals surface area contributed by atoms with E-state index in [1.165, 1.54) is 42.5 Å². The number of sulfonamides is 1. The maximum absolute atomic E-state index is 13.1. The average molecular weight is 484 g/mol. The topological polar surface area (TPSA) is 107 Å². The fourth-order valence-corrected chi connectivity index (χ4v) is 4.75. The molecule has 0 bridgehead atoms. The van der Waals surface area contributed by atoms with Gasteiger partial charge in [-0.15, -0.1) is 0 Å². The largest absolute Gasteiger partial charge is 0.507 e. The summed E-state index contributed by atoms with van der Waals surface area (Å²) in [6.45, 7) is 1.10. The third-order valence-electron chi connectivity index (χ3n) is 5.48. The lowest BCUT2D eigenvalue weighted by molar-refractivity contribution is 0.0533. The fraction of sp³-hybridized carbons (Fsp3) is 0.167. The Bertz CT molecular complexity index is 1320. The molecule has 10 heteroatoms. The van der Waals surface area contributed by atoms with Gasteiger partial charge >= 0.3 is 0 Å². The second kappa shape index (κ2) is 9.52. The van der Waals surface area contributed by atoms with Gasteiger partial charge < -0.3 is 14.9 Å². The van der Waals surface area contributed by atoms with Crippen LogP contribution in [-0.4, -0.2) is 61.3 Å². The van der Waals surface area contributed by atoms with Crippen LogP contribution in [-0.2, 0) is 10.0 Å². The molecule has 3 aromatic rings. The van der Waals surface area contributed by atoms with Crippen LogP contribution in [0, 0.1) is 5.82 Å². The van der Waals surface area contributed by atoms with Gasteiger partial charge in [0.25, 0.3) is 21.8 Å². The molecule has 2 N–H and O–H groups in total. The van der Waals surface area contributed by atoms with E-state index in [9.17, 15) is 27.5 Å². The molecule has 2 amide bonds. The first kappa shape index (κ1) is 23.2. The van der Waals surface area contributed by atoms with E-state index in [0.29, 0.717) is 0 Å². The number of phenolic OH excluding ortho intramolecular Hbond substituents is 1. The molecule has 0 atom stereocenters. The summed E-state index contributed by atoms with van der Waals surface area (Å²) in [4.78, 5) is 28.7. The third kappa shape index (κ3) is 5.01. The summed E-state index contributed by atoms with van der Waals surface area (Å²) >= 11 is 0. The first-order valence-electron chi connectivity index (χ1n) is 10.5. The zero-order valence-corrected chi connectivity index (χ0v) is 18.8. The summed E-state index contributed by atoms with van der Waals surface area (Å²) in [6, 6.07) is 16.8. The van der Waals surface area contributed by atoms with E-state index in [2.05, 4.69) is 4.72 Å². The Balaban J connectivity index is 1.43. The van der Waals surface area contributed by atoms with Crippen molar-refractivity contribution < 1.29 is 27.5 Å². The molecule has 3 aromatic carbocycles. The van der Waals surface area contributed by atoms with Gasteiger partial charge in [-0.05, 0) is 54.6 Å². The van der Waals surface area contributed by atoms with Crippen LogP contribution in [0.1, 0.15) is 20.7 Å². The Morgan fingerprint density at radius 2 is 1.44 bits per heavy atom. The average Bonchev–Trinajstić information content (AvgIpc) is 2.85. The van der Waals surface area contributed by atoms with E-state index in [1.807, 2.05) is 0 Å². The molecule has 0 radical (unpaired) electrons. The lowest BCUT2D eigenvalue weighted by Gasteiger charge is -2.35. The highest BCUT2D eigenvalue weighted by atomic mass is 32.2. The predicted octanol–water partition coefficient (Wildman–Crippen LogP) is 2.93. The first-order valence-corrected chi connectivity index (χ1v) is 12.0. The number of para-hydroxylation sites is 1. The Hall–Kier alpha value is -3.92. The van der Waals surface area contributed by atoms with Gasteiger partial charge in [-0.3, -0.25) is 14.3 Å². The fourth-order valence-electron chi connectivity index (χ4n) is 3.65. The lowest BCUT2D eigenvalue weighted by Crippen LogP contribution is -2.50. The molecule has 0 saturated carbocycles. The number of carbonyl (C=O) groups is 2. The highest BCUT2D eigenvalue weighted by molar-refractivity contribution is 7.92. The maximum Gasteiger partial charge on any atom is 0.261 e. The Morgan fingerprint density at radius 3 is 2.09 bits per heavy atom. The molecule has 8 nitrogen and oxygen atoms in total. The summed E-state index contributed by atoms with van der Waals surface area (Å²) in [7, 11) is -3.99. The number of nitrogens with zero attached hydrogens (tertiary/aromatic N) is 2. The van der Waals surface area contributed by atoms with Gasteiger partial charge in [0.05, 0.1) is 10.5 Å². The molecule has 0 aromatic heterocycles. The minimum atomic E-state index is -3.99. The van der Waals surface area contributed by atoms with Gasteiger partial charge in [0.2, 0.25) is 0 Å². The molecule has 1 fully saturated rings. The number of anilines is 1. The zero-order valence-electron chi connectivity index (χ0n) is 18.0. The molecule has 1 heterocycles. The van der Waals surface area contributed by atoms with Crippen LogP contribution in [0.25, 0.3) is 0 Å². The third-order valence-corrected chi connectivity index (χ3v) is 6.86. The molecule has 4 rings (SSSR count). The van der Waals surface area contributed by atoms with E-state index in [1.54, 1.807) is 28.0 Å². The van der Waals surface area contributed by atoms with Gasteiger partial charge in [-0.25, -0.2) is 12.8 Å². The number of piperazine rings is 1. The number of hydrogen-bond acceptors (Lipinski definition) is 5. The molecule has 34 heavy (non-hydrogen) atoms. The van der Waals surface area contributed by atoms with E-state index < -0.39 is 15.8 Å². The van der Waals surface area contributed by atoms with Crippen LogP contribution in [0.2, 0.25) is 0 Å². The van der Waals surface area contributed by atoms with Crippen LogP contribution < -0.4 is 4.72 Å². The molecule has 176 valence electrons. The van der Waals surface area contributed by atoms with E-state index in [4.69, 9.17) is 0 Å². The van der Waals surface area contributed by atoms with Crippen molar-refractivity contribution in [1.29, 1.82) is 0 Å². The summed E-state index contributed by atoms with van der Waals surface area (Å²) in [5.74, 6) is -1.25. The monoisotopic (exact) mass is 483 g/mol. The molecule has 1 aliphatic rings. The molecule has 0 aliphatic carbocycles. The second-order valence-corrected chi connectivity index (χ2v) is 9.42. The number of hydrogen-bond donors (Lipinski definition) is 2. The number of nitrogens with one attached hydrogen (secondary N) is 1. The molecular weight excluding hydrogens is 461 g/mol. The summed E-state index contributed by atoms with van der Waals surface area (Å²) in [5, 5.41) is 9.91. The van der Waals surface area contributed by atoms with E-state index >= 15 is 0 Å². The second-order valence-electron chi connectivity index (χ2n) is 7.74. The van der Waals surface area contributed by atoms with Gasteiger partial charge in [-0.1, -0.05) is 18.2 Å². The highest BCUT2D eigenvalue weighted by Gasteiger charge is 2.27. The maximum atomic E-state index is 13.1. The summed E-state index contributed by atoms with van der Waals surface area (Å²) < 4.78 is 40.9. The highest BCUT2D eigenvalue weighted by Crippen LogP contribution is 2.21. The van der Waals surface area contributed by atoms with Crippen molar-refractivity contribution in [3.05, 3.63) is 89.7 Å². The van der Waals surface area contributed by atoms with Crippen molar-refractivity contribution in [2.75, 3.05) is 30.9 Å². The van der Waals surface area contributed by atoms with Gasteiger partial charge in [0.1, 0.15) is 11.6 Å². The van der Waals surface area contributed by atoms with Crippen LogP contribution in [0.5, 0.6) is 5.75 Å². The number of amides is 2. The normalized spacial score (nSPS) is 14.0. The van der Waals surface area contributed by atoms with Gasteiger partial charge in [0.15, 0.2) is 0 Å². The van der Waals surface area contributed by atoms with Crippen molar-refractivity contribution in [3.63, 3.8) is 0 Å². The van der Waals surface area contributed by atoms with Crippen molar-refractivity contribution in [2.45, 2.75) is 4.90 Å². The van der Waals surface area contributed by atoms with Gasteiger partial charge in [0, 0.05) is 37.4 Å². The Labute approximate surface area is 196 Å². The smallest absolute Gasteiger partial charge is 0.261 e. The van der Waals surface area contributed by atoms with Crippen LogP contribution >= 0.6 is 0 Å². The molecular formula is C24H22FN3O5S. The number of benzene rings is 3. The predicted molar refractivity (Wildman–Crippen MR) is 124 cm³/mol. The zero-order chi connectivity index (χ0) is 24.3. The SMILES string of the molecule is O=C(c1cccc(S(=O)(=O)Nc2ccc(F)cc2)c1)N1CCN(C(=O)c2ccccc2O)CC1.